The molecule has 3 aromatic carbocycles. The normalized spacial score (nSPS) is 10.8. The third-order valence-electron chi connectivity index (χ3n) is 3.25. The molecule has 0 spiro atoms. The van der Waals surface area contributed by atoms with Crippen LogP contribution in [0.1, 0.15) is 0 Å². The minimum Gasteiger partial charge on any atom is -0.493 e. The van der Waals surface area contributed by atoms with Crippen LogP contribution in [-0.4, -0.2) is 14.2 Å². The zero-order chi connectivity index (χ0) is 12.5. The Morgan fingerprint density at radius 1 is 0.722 bits per heavy atom. The van der Waals surface area contributed by atoms with Gasteiger partial charge in [-0.25, -0.2) is 0 Å². The molecule has 0 aliphatic heterocycles. The molecule has 3 aromatic rings. The van der Waals surface area contributed by atoms with Crippen molar-refractivity contribution in [2.75, 3.05) is 14.2 Å². The van der Waals surface area contributed by atoms with Crippen LogP contribution in [0.2, 0.25) is 0 Å². The first kappa shape index (κ1) is 10.9. The summed E-state index contributed by atoms with van der Waals surface area (Å²) in [6, 6.07) is 16.5. The molecule has 0 atom stereocenters. The number of hydrogen-bond acceptors (Lipinski definition) is 2. The minimum atomic E-state index is 0.765. The molecule has 18 heavy (non-hydrogen) atoms. The van der Waals surface area contributed by atoms with Crippen molar-refractivity contribution in [1.29, 1.82) is 0 Å². The van der Waals surface area contributed by atoms with Gasteiger partial charge in [0.15, 0.2) is 11.5 Å². The molecule has 2 nitrogen and oxygen atoms in total. The Hall–Kier alpha value is -2.22. The van der Waals surface area contributed by atoms with E-state index in [4.69, 9.17) is 9.47 Å². The predicted molar refractivity (Wildman–Crippen MR) is 74.6 cm³/mol. The molecular formula is C16H14O2. The standard InChI is InChI=1S/C16H14O2/c1-17-14-10-9-12-8-7-11-5-3-4-6-13(11)15(12)16(14)18-2/h3-10H,1-2H3. The number of ether oxygens (including phenoxy) is 2. The zero-order valence-corrected chi connectivity index (χ0v) is 10.4. The number of fused-ring (bicyclic) bond motifs is 3. The lowest BCUT2D eigenvalue weighted by Gasteiger charge is -2.12. The van der Waals surface area contributed by atoms with Crippen LogP contribution in [-0.2, 0) is 0 Å². The van der Waals surface area contributed by atoms with Gasteiger partial charge in [0, 0.05) is 5.39 Å². The zero-order valence-electron chi connectivity index (χ0n) is 10.4. The second-order valence-electron chi connectivity index (χ2n) is 4.19. The minimum absolute atomic E-state index is 0.765. The van der Waals surface area contributed by atoms with Crippen LogP contribution in [0.5, 0.6) is 11.5 Å². The summed E-state index contributed by atoms with van der Waals surface area (Å²) in [5.41, 5.74) is 0. The van der Waals surface area contributed by atoms with Gasteiger partial charge >= 0.3 is 0 Å². The Morgan fingerprint density at radius 2 is 1.44 bits per heavy atom. The third kappa shape index (κ3) is 1.50. The molecule has 2 heteroatoms. The fraction of sp³-hybridized carbons (Fsp3) is 0.125. The SMILES string of the molecule is COc1ccc2ccc3ccccc3c2c1OC. The Balaban J connectivity index is 2.53. The van der Waals surface area contributed by atoms with Crippen LogP contribution in [0.4, 0.5) is 0 Å². The molecule has 0 N–H and O–H groups in total. The van der Waals surface area contributed by atoms with Gasteiger partial charge < -0.3 is 9.47 Å². The van der Waals surface area contributed by atoms with E-state index in [2.05, 4.69) is 30.3 Å². The lowest BCUT2D eigenvalue weighted by molar-refractivity contribution is 0.359. The van der Waals surface area contributed by atoms with E-state index in [9.17, 15) is 0 Å². The van der Waals surface area contributed by atoms with Crippen LogP contribution in [0.15, 0.2) is 48.5 Å². The summed E-state index contributed by atoms with van der Waals surface area (Å²) < 4.78 is 10.9. The van der Waals surface area contributed by atoms with E-state index < -0.39 is 0 Å². The monoisotopic (exact) mass is 238 g/mol. The molecular weight excluding hydrogens is 224 g/mol. The average molecular weight is 238 g/mol. The second kappa shape index (κ2) is 4.22. The highest BCUT2D eigenvalue weighted by molar-refractivity contribution is 6.11. The number of methoxy groups -OCH3 is 2. The molecule has 0 heterocycles. The van der Waals surface area contributed by atoms with E-state index in [1.54, 1.807) is 14.2 Å². The van der Waals surface area contributed by atoms with Gasteiger partial charge in [0.25, 0.3) is 0 Å². The van der Waals surface area contributed by atoms with Gasteiger partial charge in [0.1, 0.15) is 0 Å². The summed E-state index contributed by atoms with van der Waals surface area (Å²) in [5.74, 6) is 1.56. The fourth-order valence-corrected chi connectivity index (χ4v) is 2.41. The van der Waals surface area contributed by atoms with Gasteiger partial charge in [-0.15, -0.1) is 0 Å². The van der Waals surface area contributed by atoms with Crippen LogP contribution >= 0.6 is 0 Å². The first-order valence-electron chi connectivity index (χ1n) is 5.87. The quantitative estimate of drug-likeness (QED) is 0.628. The van der Waals surface area contributed by atoms with Gasteiger partial charge in [0.05, 0.1) is 14.2 Å². The van der Waals surface area contributed by atoms with Crippen molar-refractivity contribution in [3.05, 3.63) is 48.5 Å². The summed E-state index contributed by atoms with van der Waals surface area (Å²) in [4.78, 5) is 0. The molecule has 0 aliphatic rings. The van der Waals surface area contributed by atoms with Crippen molar-refractivity contribution >= 4 is 21.5 Å². The summed E-state index contributed by atoms with van der Waals surface area (Å²) in [6.45, 7) is 0. The highest BCUT2D eigenvalue weighted by Crippen LogP contribution is 2.39. The third-order valence-corrected chi connectivity index (χ3v) is 3.25. The smallest absolute Gasteiger partial charge is 0.169 e. The van der Waals surface area contributed by atoms with Gasteiger partial charge in [-0.2, -0.15) is 0 Å². The van der Waals surface area contributed by atoms with E-state index in [1.165, 1.54) is 10.8 Å². The molecule has 0 saturated carbocycles. The highest BCUT2D eigenvalue weighted by Gasteiger charge is 2.11. The summed E-state index contributed by atoms with van der Waals surface area (Å²) in [7, 11) is 3.34. The van der Waals surface area contributed by atoms with Crippen molar-refractivity contribution in [2.45, 2.75) is 0 Å². The molecule has 0 fully saturated rings. The van der Waals surface area contributed by atoms with Crippen molar-refractivity contribution in [2.24, 2.45) is 0 Å². The molecule has 0 aromatic heterocycles. The maximum absolute atomic E-state index is 5.53. The van der Waals surface area contributed by atoms with Crippen LogP contribution in [0.3, 0.4) is 0 Å². The van der Waals surface area contributed by atoms with E-state index in [-0.39, 0.29) is 0 Å². The number of rotatable bonds is 2. The molecule has 0 unspecified atom stereocenters. The largest absolute Gasteiger partial charge is 0.493 e. The van der Waals surface area contributed by atoms with Crippen LogP contribution in [0.25, 0.3) is 21.5 Å². The Kier molecular flexibility index (Phi) is 2.56. The van der Waals surface area contributed by atoms with Crippen molar-refractivity contribution in [3.63, 3.8) is 0 Å². The first-order valence-corrected chi connectivity index (χ1v) is 5.87. The topological polar surface area (TPSA) is 18.5 Å². The predicted octanol–water partition coefficient (Wildman–Crippen LogP) is 4.01. The van der Waals surface area contributed by atoms with Crippen LogP contribution < -0.4 is 9.47 Å². The molecule has 0 amide bonds. The highest BCUT2D eigenvalue weighted by atomic mass is 16.5. The van der Waals surface area contributed by atoms with E-state index in [0.717, 1.165) is 22.3 Å². The lowest BCUT2D eigenvalue weighted by atomic mass is 10.0. The lowest BCUT2D eigenvalue weighted by Crippen LogP contribution is -1.92. The Labute approximate surface area is 106 Å². The number of benzene rings is 3. The van der Waals surface area contributed by atoms with E-state index in [0.29, 0.717) is 0 Å². The maximum Gasteiger partial charge on any atom is 0.169 e. The summed E-state index contributed by atoms with van der Waals surface area (Å²) >= 11 is 0. The molecule has 0 bridgehead atoms. The van der Waals surface area contributed by atoms with Gasteiger partial charge in [0.2, 0.25) is 0 Å². The van der Waals surface area contributed by atoms with Gasteiger partial charge in [-0.1, -0.05) is 42.5 Å². The number of hydrogen-bond donors (Lipinski definition) is 0. The fourth-order valence-electron chi connectivity index (χ4n) is 2.41. The van der Waals surface area contributed by atoms with Gasteiger partial charge in [-0.05, 0) is 22.2 Å². The van der Waals surface area contributed by atoms with Gasteiger partial charge in [-0.3, -0.25) is 0 Å². The Bertz CT molecular complexity index is 717. The first-order chi connectivity index (χ1) is 8.85. The van der Waals surface area contributed by atoms with E-state index in [1.807, 2.05) is 18.2 Å². The van der Waals surface area contributed by atoms with E-state index >= 15 is 0 Å². The van der Waals surface area contributed by atoms with Crippen LogP contribution in [0, 0.1) is 0 Å². The molecule has 3 rings (SSSR count). The Morgan fingerprint density at radius 3 is 2.22 bits per heavy atom. The van der Waals surface area contributed by atoms with Crippen molar-refractivity contribution in [1.82, 2.24) is 0 Å². The molecule has 0 radical (unpaired) electrons. The van der Waals surface area contributed by atoms with Crippen molar-refractivity contribution < 1.29 is 9.47 Å². The molecule has 0 aliphatic carbocycles. The maximum atomic E-state index is 5.53. The summed E-state index contributed by atoms with van der Waals surface area (Å²) in [5, 5.41) is 4.66. The average Bonchev–Trinajstić information content (AvgIpc) is 2.45. The molecule has 0 saturated heterocycles. The summed E-state index contributed by atoms with van der Waals surface area (Å²) in [6.07, 6.45) is 0. The molecule has 90 valence electrons. The second-order valence-corrected chi connectivity index (χ2v) is 4.19. The van der Waals surface area contributed by atoms with Crippen molar-refractivity contribution in [3.8, 4) is 11.5 Å².